The second-order valence-corrected chi connectivity index (χ2v) is 5.34. The number of nitrogens with zero attached hydrogens (tertiary/aromatic N) is 2. The van der Waals surface area contributed by atoms with Gasteiger partial charge in [-0.3, -0.25) is 0 Å². The number of hydrogen-bond acceptors (Lipinski definition) is 4. The van der Waals surface area contributed by atoms with E-state index >= 15 is 0 Å². The van der Waals surface area contributed by atoms with Crippen LogP contribution in [0.5, 0.6) is 0 Å². The molecule has 4 heteroatoms. The van der Waals surface area contributed by atoms with Crippen molar-refractivity contribution in [1.29, 1.82) is 0 Å². The fourth-order valence-corrected chi connectivity index (χ4v) is 2.52. The molecular formula is C14H25N3O. The zero-order valence-electron chi connectivity index (χ0n) is 11.6. The van der Waals surface area contributed by atoms with Gasteiger partial charge in [-0.15, -0.1) is 0 Å². The average Bonchev–Trinajstić information content (AvgIpc) is 2.88. The van der Waals surface area contributed by atoms with Gasteiger partial charge >= 0.3 is 0 Å². The molecule has 1 N–H and O–H groups in total. The summed E-state index contributed by atoms with van der Waals surface area (Å²) in [5, 5.41) is 3.46. The highest BCUT2D eigenvalue weighted by Gasteiger charge is 2.19. The number of rotatable bonds is 6. The van der Waals surface area contributed by atoms with Gasteiger partial charge in [0.15, 0.2) is 0 Å². The van der Waals surface area contributed by atoms with Crippen LogP contribution in [-0.4, -0.2) is 56.1 Å². The maximum absolute atomic E-state index is 5.04. The summed E-state index contributed by atoms with van der Waals surface area (Å²) in [6, 6.07) is 2.79. The van der Waals surface area contributed by atoms with Gasteiger partial charge in [-0.25, -0.2) is 0 Å². The molecule has 1 aromatic rings. The van der Waals surface area contributed by atoms with Crippen LogP contribution in [0.2, 0.25) is 0 Å². The molecule has 0 aromatic carbocycles. The van der Waals surface area contributed by atoms with Crippen molar-refractivity contribution in [1.82, 2.24) is 15.1 Å². The minimum atomic E-state index is 0.778. The van der Waals surface area contributed by atoms with Crippen molar-refractivity contribution < 1.29 is 4.42 Å². The SMILES string of the molecule is CN(C)C1CCN(CCNCc2ccoc2)CC1. The summed E-state index contributed by atoms with van der Waals surface area (Å²) in [5.41, 5.74) is 1.22. The van der Waals surface area contributed by atoms with Crippen molar-refractivity contribution >= 4 is 0 Å². The molecule has 0 bridgehead atoms. The summed E-state index contributed by atoms with van der Waals surface area (Å²) in [4.78, 5) is 4.91. The van der Waals surface area contributed by atoms with E-state index in [1.807, 2.05) is 6.07 Å². The highest BCUT2D eigenvalue weighted by atomic mass is 16.3. The first-order valence-electron chi connectivity index (χ1n) is 6.86. The first kappa shape index (κ1) is 13.6. The largest absolute Gasteiger partial charge is 0.472 e. The molecule has 0 saturated carbocycles. The molecule has 0 aliphatic carbocycles. The van der Waals surface area contributed by atoms with Gasteiger partial charge in [0, 0.05) is 31.2 Å². The third-order valence-corrected chi connectivity index (χ3v) is 3.80. The molecule has 2 heterocycles. The predicted molar refractivity (Wildman–Crippen MR) is 73.6 cm³/mol. The topological polar surface area (TPSA) is 31.6 Å². The Hall–Kier alpha value is -0.840. The molecule has 1 fully saturated rings. The summed E-state index contributed by atoms with van der Waals surface area (Å²) < 4.78 is 5.04. The highest BCUT2D eigenvalue weighted by molar-refractivity contribution is 5.04. The van der Waals surface area contributed by atoms with Gasteiger partial charge in [-0.2, -0.15) is 0 Å². The van der Waals surface area contributed by atoms with Gasteiger partial charge in [-0.1, -0.05) is 0 Å². The minimum absolute atomic E-state index is 0.778. The van der Waals surface area contributed by atoms with Gasteiger partial charge in [0.1, 0.15) is 0 Å². The van der Waals surface area contributed by atoms with Crippen LogP contribution in [0.4, 0.5) is 0 Å². The second kappa shape index (κ2) is 6.92. The molecular weight excluding hydrogens is 226 g/mol. The molecule has 102 valence electrons. The lowest BCUT2D eigenvalue weighted by molar-refractivity contribution is 0.145. The Kier molecular flexibility index (Phi) is 5.23. The molecule has 1 aliphatic rings. The van der Waals surface area contributed by atoms with E-state index < -0.39 is 0 Å². The summed E-state index contributed by atoms with van der Waals surface area (Å²) in [7, 11) is 4.37. The van der Waals surface area contributed by atoms with Gasteiger partial charge in [-0.05, 0) is 46.1 Å². The fourth-order valence-electron chi connectivity index (χ4n) is 2.52. The van der Waals surface area contributed by atoms with Gasteiger partial charge in [0.05, 0.1) is 12.5 Å². The summed E-state index contributed by atoms with van der Waals surface area (Å²) in [6.45, 7) is 5.58. The van der Waals surface area contributed by atoms with E-state index in [2.05, 4.69) is 29.2 Å². The van der Waals surface area contributed by atoms with Crippen LogP contribution in [0.3, 0.4) is 0 Å². The molecule has 4 nitrogen and oxygen atoms in total. The van der Waals surface area contributed by atoms with Gasteiger partial charge < -0.3 is 19.5 Å². The van der Waals surface area contributed by atoms with E-state index in [1.54, 1.807) is 12.5 Å². The zero-order chi connectivity index (χ0) is 12.8. The lowest BCUT2D eigenvalue weighted by Crippen LogP contribution is -2.43. The summed E-state index contributed by atoms with van der Waals surface area (Å²) in [6.07, 6.45) is 6.13. The Bertz CT molecular complexity index is 316. The zero-order valence-corrected chi connectivity index (χ0v) is 11.6. The maximum Gasteiger partial charge on any atom is 0.0947 e. The van der Waals surface area contributed by atoms with Crippen molar-refractivity contribution in [2.75, 3.05) is 40.3 Å². The van der Waals surface area contributed by atoms with Crippen molar-refractivity contribution in [2.24, 2.45) is 0 Å². The molecule has 2 rings (SSSR count). The first-order valence-corrected chi connectivity index (χ1v) is 6.86. The molecule has 0 atom stereocenters. The lowest BCUT2D eigenvalue weighted by atomic mass is 10.0. The standard InChI is InChI=1S/C14H25N3O/c1-16(2)14-3-7-17(8-4-14)9-6-15-11-13-5-10-18-12-13/h5,10,12,14-15H,3-4,6-9,11H2,1-2H3. The predicted octanol–water partition coefficient (Wildman–Crippen LogP) is 1.40. The van der Waals surface area contributed by atoms with E-state index in [1.165, 1.54) is 31.5 Å². The first-order chi connectivity index (χ1) is 8.75. The lowest BCUT2D eigenvalue weighted by Gasteiger charge is -2.35. The molecule has 0 spiro atoms. The van der Waals surface area contributed by atoms with Crippen molar-refractivity contribution in [2.45, 2.75) is 25.4 Å². The second-order valence-electron chi connectivity index (χ2n) is 5.34. The number of piperidine rings is 1. The molecule has 18 heavy (non-hydrogen) atoms. The molecule has 0 amide bonds. The van der Waals surface area contributed by atoms with Crippen LogP contribution in [-0.2, 0) is 6.54 Å². The van der Waals surface area contributed by atoms with Crippen LogP contribution in [0.1, 0.15) is 18.4 Å². The summed E-state index contributed by atoms with van der Waals surface area (Å²) >= 11 is 0. The number of nitrogens with one attached hydrogen (secondary N) is 1. The average molecular weight is 251 g/mol. The van der Waals surface area contributed by atoms with E-state index in [9.17, 15) is 0 Å². The summed E-state index contributed by atoms with van der Waals surface area (Å²) in [5.74, 6) is 0. The molecule has 1 aromatic heterocycles. The van der Waals surface area contributed by atoms with E-state index in [-0.39, 0.29) is 0 Å². The van der Waals surface area contributed by atoms with Crippen molar-refractivity contribution in [3.8, 4) is 0 Å². The smallest absolute Gasteiger partial charge is 0.0947 e. The molecule has 0 radical (unpaired) electrons. The monoisotopic (exact) mass is 251 g/mol. The van der Waals surface area contributed by atoms with Crippen LogP contribution >= 0.6 is 0 Å². The third kappa shape index (κ3) is 4.12. The Balaban J connectivity index is 1.55. The quantitative estimate of drug-likeness (QED) is 0.774. The number of furan rings is 1. The highest BCUT2D eigenvalue weighted by Crippen LogP contribution is 2.13. The fraction of sp³-hybridized carbons (Fsp3) is 0.714. The minimum Gasteiger partial charge on any atom is -0.472 e. The van der Waals surface area contributed by atoms with Crippen LogP contribution in [0.15, 0.2) is 23.0 Å². The number of hydrogen-bond donors (Lipinski definition) is 1. The molecule has 1 aliphatic heterocycles. The van der Waals surface area contributed by atoms with E-state index in [4.69, 9.17) is 4.42 Å². The normalized spacial score (nSPS) is 18.6. The van der Waals surface area contributed by atoms with Gasteiger partial charge in [0.25, 0.3) is 0 Å². The van der Waals surface area contributed by atoms with Crippen LogP contribution in [0, 0.1) is 0 Å². The third-order valence-electron chi connectivity index (χ3n) is 3.80. The van der Waals surface area contributed by atoms with E-state index in [0.717, 1.165) is 25.7 Å². The maximum atomic E-state index is 5.04. The van der Waals surface area contributed by atoms with Gasteiger partial charge in [0.2, 0.25) is 0 Å². The Morgan fingerprint density at radius 1 is 1.39 bits per heavy atom. The molecule has 1 saturated heterocycles. The van der Waals surface area contributed by atoms with Crippen LogP contribution < -0.4 is 5.32 Å². The van der Waals surface area contributed by atoms with Crippen molar-refractivity contribution in [3.63, 3.8) is 0 Å². The Morgan fingerprint density at radius 3 is 2.78 bits per heavy atom. The van der Waals surface area contributed by atoms with Crippen molar-refractivity contribution in [3.05, 3.63) is 24.2 Å². The van der Waals surface area contributed by atoms with Crippen LogP contribution in [0.25, 0.3) is 0 Å². The van der Waals surface area contributed by atoms with E-state index in [0.29, 0.717) is 0 Å². The Morgan fingerprint density at radius 2 is 2.17 bits per heavy atom. The Labute approximate surface area is 110 Å². The number of likely N-dealkylation sites (tertiary alicyclic amines) is 1. The molecule has 0 unspecified atom stereocenters.